The normalized spacial score (nSPS) is 11.1. The molecule has 0 unspecified atom stereocenters. The number of carbonyl (C=O) groups is 1. The molecule has 2 rings (SSSR count). The van der Waals surface area contributed by atoms with Crippen LogP contribution in [0.3, 0.4) is 0 Å². The maximum Gasteiger partial charge on any atom is 0.272 e. The van der Waals surface area contributed by atoms with Crippen LogP contribution in [0.5, 0.6) is 5.75 Å². The lowest BCUT2D eigenvalue weighted by molar-refractivity contribution is -0.123. The van der Waals surface area contributed by atoms with Gasteiger partial charge in [-0.15, -0.1) is 4.83 Å². The van der Waals surface area contributed by atoms with Crippen LogP contribution in [0.2, 0.25) is 10.0 Å². The number of hydrogen-bond donors (Lipinski definition) is 2. The number of sulfonamides is 1. The van der Waals surface area contributed by atoms with Gasteiger partial charge in [0.05, 0.1) is 5.02 Å². The van der Waals surface area contributed by atoms with E-state index in [4.69, 9.17) is 27.9 Å². The lowest BCUT2D eigenvalue weighted by atomic mass is 10.3. The molecule has 10 heteroatoms. The van der Waals surface area contributed by atoms with Crippen molar-refractivity contribution in [2.75, 3.05) is 6.61 Å². The molecule has 0 saturated carbocycles. The molecule has 1 amide bonds. The van der Waals surface area contributed by atoms with Gasteiger partial charge in [0, 0.05) is 5.02 Å². The summed E-state index contributed by atoms with van der Waals surface area (Å²) in [6.45, 7) is -0.475. The molecule has 0 bridgehead atoms. The first-order valence-electron chi connectivity index (χ1n) is 6.42. The highest BCUT2D eigenvalue weighted by atomic mass is 35.5. The van der Waals surface area contributed by atoms with Crippen LogP contribution < -0.4 is 15.0 Å². The molecule has 128 valence electrons. The van der Waals surface area contributed by atoms with E-state index in [1.54, 1.807) is 0 Å². The molecule has 0 saturated heterocycles. The second-order valence-electron chi connectivity index (χ2n) is 4.47. The Labute approximate surface area is 147 Å². The first-order valence-corrected chi connectivity index (χ1v) is 8.66. The van der Waals surface area contributed by atoms with Crippen LogP contribution >= 0.6 is 23.2 Å². The molecular formula is C14H11Cl2FN2O4S. The van der Waals surface area contributed by atoms with Crippen molar-refractivity contribution in [3.8, 4) is 5.75 Å². The quantitative estimate of drug-likeness (QED) is 0.739. The van der Waals surface area contributed by atoms with Gasteiger partial charge in [0.15, 0.2) is 6.61 Å². The van der Waals surface area contributed by atoms with Gasteiger partial charge in [-0.3, -0.25) is 10.2 Å². The maximum absolute atomic E-state index is 12.7. The molecule has 0 atom stereocenters. The number of amides is 1. The van der Waals surface area contributed by atoms with E-state index in [1.165, 1.54) is 24.3 Å². The molecule has 2 N–H and O–H groups in total. The molecule has 0 aliphatic rings. The Hall–Kier alpha value is -1.87. The molecule has 0 fully saturated rings. The number of hydrazine groups is 1. The number of rotatable bonds is 6. The molecule has 2 aromatic rings. The third kappa shape index (κ3) is 5.07. The van der Waals surface area contributed by atoms with Gasteiger partial charge in [-0.05, 0) is 42.5 Å². The first kappa shape index (κ1) is 18.5. The Morgan fingerprint density at radius 3 is 2.46 bits per heavy atom. The van der Waals surface area contributed by atoms with Crippen molar-refractivity contribution in [2.45, 2.75) is 4.90 Å². The molecule has 0 radical (unpaired) electrons. The minimum Gasteiger partial charge on any atom is -0.484 e. The van der Waals surface area contributed by atoms with Gasteiger partial charge >= 0.3 is 0 Å². The molecule has 0 heterocycles. The van der Waals surface area contributed by atoms with Gasteiger partial charge in [-0.2, -0.15) is 0 Å². The largest absolute Gasteiger partial charge is 0.484 e. The number of carbonyl (C=O) groups excluding carboxylic acids is 1. The van der Waals surface area contributed by atoms with E-state index < -0.39 is 28.4 Å². The smallest absolute Gasteiger partial charge is 0.272 e. The van der Waals surface area contributed by atoms with E-state index in [2.05, 4.69) is 0 Å². The van der Waals surface area contributed by atoms with Crippen molar-refractivity contribution in [1.82, 2.24) is 10.3 Å². The molecule has 2 aromatic carbocycles. The van der Waals surface area contributed by atoms with Gasteiger partial charge in [0.2, 0.25) is 0 Å². The van der Waals surface area contributed by atoms with Crippen molar-refractivity contribution in [3.63, 3.8) is 0 Å². The molecule has 0 aliphatic carbocycles. The van der Waals surface area contributed by atoms with E-state index in [-0.39, 0.29) is 20.7 Å². The fourth-order valence-electron chi connectivity index (χ4n) is 1.58. The highest BCUT2D eigenvalue weighted by Crippen LogP contribution is 2.24. The maximum atomic E-state index is 12.7. The van der Waals surface area contributed by atoms with Gasteiger partial charge in [-0.25, -0.2) is 12.8 Å². The number of benzene rings is 2. The Bertz CT molecular complexity index is 844. The predicted molar refractivity (Wildman–Crippen MR) is 86.8 cm³/mol. The van der Waals surface area contributed by atoms with Crippen molar-refractivity contribution in [3.05, 3.63) is 58.3 Å². The molecule has 24 heavy (non-hydrogen) atoms. The zero-order valence-electron chi connectivity index (χ0n) is 11.9. The van der Waals surface area contributed by atoms with E-state index in [9.17, 15) is 17.6 Å². The lowest BCUT2D eigenvalue weighted by Crippen LogP contribution is -2.43. The van der Waals surface area contributed by atoms with Gasteiger partial charge < -0.3 is 4.74 Å². The number of hydrogen-bond acceptors (Lipinski definition) is 4. The van der Waals surface area contributed by atoms with Crippen LogP contribution in [0.15, 0.2) is 47.4 Å². The summed E-state index contributed by atoms with van der Waals surface area (Å²) < 4.78 is 41.9. The van der Waals surface area contributed by atoms with Crippen molar-refractivity contribution < 1.29 is 22.3 Å². The summed E-state index contributed by atoms with van der Waals surface area (Å²) in [5.74, 6) is -0.952. The Morgan fingerprint density at radius 2 is 1.79 bits per heavy atom. The lowest BCUT2D eigenvalue weighted by Gasteiger charge is -2.10. The highest BCUT2D eigenvalue weighted by Gasteiger charge is 2.19. The average Bonchev–Trinajstić information content (AvgIpc) is 2.54. The number of nitrogens with one attached hydrogen (secondary N) is 2. The third-order valence-electron chi connectivity index (χ3n) is 2.69. The zero-order chi connectivity index (χ0) is 17.7. The second kappa shape index (κ2) is 7.80. The van der Waals surface area contributed by atoms with E-state index in [1.807, 2.05) is 10.3 Å². The third-order valence-corrected chi connectivity index (χ3v) is 4.66. The summed E-state index contributed by atoms with van der Waals surface area (Å²) in [6, 6.07) is 8.88. The summed E-state index contributed by atoms with van der Waals surface area (Å²) in [7, 11) is -4.10. The van der Waals surface area contributed by atoms with Crippen LogP contribution in [0, 0.1) is 5.82 Å². The second-order valence-corrected chi connectivity index (χ2v) is 6.97. The summed E-state index contributed by atoms with van der Waals surface area (Å²) in [5, 5.41) is 0.120. The minimum absolute atomic E-state index is 0.0521. The summed E-state index contributed by atoms with van der Waals surface area (Å²) in [4.78, 5) is 13.2. The topological polar surface area (TPSA) is 84.5 Å². The first-order chi connectivity index (χ1) is 11.3. The van der Waals surface area contributed by atoms with Gasteiger partial charge in [-0.1, -0.05) is 23.2 Å². The fourth-order valence-corrected chi connectivity index (χ4v) is 3.20. The SMILES string of the molecule is O=C(COc1ccc(F)cc1)NNS(=O)(=O)c1cc(Cl)ccc1Cl. The van der Waals surface area contributed by atoms with Crippen LogP contribution in [-0.4, -0.2) is 20.9 Å². The van der Waals surface area contributed by atoms with Crippen LogP contribution in [-0.2, 0) is 14.8 Å². The monoisotopic (exact) mass is 392 g/mol. The number of ether oxygens (including phenoxy) is 1. The molecule has 6 nitrogen and oxygen atoms in total. The predicted octanol–water partition coefficient (Wildman–Crippen LogP) is 2.52. The van der Waals surface area contributed by atoms with E-state index in [0.29, 0.717) is 0 Å². The standard InChI is InChI=1S/C14H11Cl2FN2O4S/c15-9-1-6-12(16)13(7-9)24(21,22)19-18-14(20)8-23-11-4-2-10(17)3-5-11/h1-7,19H,8H2,(H,18,20). The van der Waals surface area contributed by atoms with E-state index in [0.717, 1.165) is 18.2 Å². The number of halogens is 3. The zero-order valence-corrected chi connectivity index (χ0v) is 14.3. The van der Waals surface area contributed by atoms with E-state index >= 15 is 0 Å². The Morgan fingerprint density at radius 1 is 1.12 bits per heavy atom. The minimum atomic E-state index is -4.10. The van der Waals surface area contributed by atoms with Gasteiger partial charge in [0.25, 0.3) is 15.9 Å². The van der Waals surface area contributed by atoms with Crippen LogP contribution in [0.4, 0.5) is 4.39 Å². The van der Waals surface area contributed by atoms with Gasteiger partial charge in [0.1, 0.15) is 16.5 Å². The molecular weight excluding hydrogens is 382 g/mol. The van der Waals surface area contributed by atoms with Crippen LogP contribution in [0.25, 0.3) is 0 Å². The van der Waals surface area contributed by atoms with Crippen molar-refractivity contribution in [1.29, 1.82) is 0 Å². The molecule has 0 aliphatic heterocycles. The van der Waals surface area contributed by atoms with Crippen LogP contribution in [0.1, 0.15) is 0 Å². The van der Waals surface area contributed by atoms with Crippen molar-refractivity contribution in [2.24, 2.45) is 0 Å². The average molecular weight is 393 g/mol. The fraction of sp³-hybridized carbons (Fsp3) is 0.0714. The molecule has 0 spiro atoms. The highest BCUT2D eigenvalue weighted by molar-refractivity contribution is 7.89. The summed E-state index contributed by atoms with van der Waals surface area (Å²) in [6.07, 6.45) is 0. The summed E-state index contributed by atoms with van der Waals surface area (Å²) >= 11 is 11.5. The summed E-state index contributed by atoms with van der Waals surface area (Å²) in [5.41, 5.74) is 1.97. The Balaban J connectivity index is 1.93. The molecule has 0 aromatic heterocycles. The Kier molecular flexibility index (Phi) is 6.00. The van der Waals surface area contributed by atoms with Crippen molar-refractivity contribution >= 4 is 39.1 Å².